The number of hydrogen-bond donors (Lipinski definition) is 0. The number of alkyl halides is 3. The first-order valence-corrected chi connectivity index (χ1v) is 10.2. The Labute approximate surface area is 167 Å². The normalized spacial score (nSPS) is 25.8. The molecule has 0 bridgehead atoms. The van der Waals surface area contributed by atoms with Crippen LogP contribution in [0.1, 0.15) is 42.9 Å². The Hall–Kier alpha value is -2.09. The van der Waals surface area contributed by atoms with E-state index in [1.54, 1.807) is 15.9 Å². The van der Waals surface area contributed by atoms with Crippen LogP contribution in [0.3, 0.4) is 0 Å². The molecule has 0 unspecified atom stereocenters. The number of hydrogen-bond acceptors (Lipinski definition) is 3. The number of morpholine rings is 1. The van der Waals surface area contributed by atoms with Gasteiger partial charge in [-0.15, -0.1) is 0 Å². The molecule has 1 aliphatic carbocycles. The van der Waals surface area contributed by atoms with Gasteiger partial charge in [-0.25, -0.2) is 0 Å². The molecule has 0 N–H and O–H groups in total. The van der Waals surface area contributed by atoms with Crippen molar-refractivity contribution in [1.29, 1.82) is 0 Å². The highest BCUT2D eigenvalue weighted by Gasteiger charge is 2.42. The summed E-state index contributed by atoms with van der Waals surface area (Å²) in [4.78, 5) is 29.3. The molecule has 158 valence electrons. The number of carbonyl (C=O) groups excluding carboxylic acids is 2. The summed E-state index contributed by atoms with van der Waals surface area (Å²) in [5, 5.41) is 0. The molecule has 3 fully saturated rings. The first-order chi connectivity index (χ1) is 13.8. The number of benzene rings is 1. The molecule has 2 amide bonds. The molecule has 5 nitrogen and oxygen atoms in total. The summed E-state index contributed by atoms with van der Waals surface area (Å²) >= 11 is 0. The van der Waals surface area contributed by atoms with Crippen LogP contribution in [0.15, 0.2) is 24.3 Å². The molecule has 0 radical (unpaired) electrons. The molecule has 2 atom stereocenters. The topological polar surface area (TPSA) is 49.9 Å². The van der Waals surface area contributed by atoms with E-state index in [-0.39, 0.29) is 30.2 Å². The maximum atomic E-state index is 13.2. The van der Waals surface area contributed by atoms with E-state index in [1.165, 1.54) is 6.07 Å². The Bertz CT molecular complexity index is 773. The number of amides is 2. The number of likely N-dealkylation sites (tertiary alicyclic amines) is 1. The predicted molar refractivity (Wildman–Crippen MR) is 98.7 cm³/mol. The summed E-state index contributed by atoms with van der Waals surface area (Å²) in [6.45, 7) is 2.38. The molecule has 1 saturated carbocycles. The number of halogens is 3. The predicted octanol–water partition coefficient (Wildman–Crippen LogP) is 3.25. The zero-order chi connectivity index (χ0) is 20.6. The van der Waals surface area contributed by atoms with E-state index in [4.69, 9.17) is 4.74 Å². The van der Waals surface area contributed by atoms with Crippen LogP contribution in [0, 0.1) is 11.8 Å². The van der Waals surface area contributed by atoms with Gasteiger partial charge in [0.1, 0.15) is 0 Å². The second-order valence-corrected chi connectivity index (χ2v) is 8.12. The zero-order valence-corrected chi connectivity index (χ0v) is 16.2. The zero-order valence-electron chi connectivity index (χ0n) is 16.2. The number of ether oxygens (including phenoxy) is 1. The van der Waals surface area contributed by atoms with Crippen molar-refractivity contribution in [2.45, 2.75) is 37.9 Å². The van der Waals surface area contributed by atoms with Gasteiger partial charge in [0, 0.05) is 25.6 Å². The fourth-order valence-electron chi connectivity index (χ4n) is 4.29. The minimum Gasteiger partial charge on any atom is -0.378 e. The van der Waals surface area contributed by atoms with Crippen molar-refractivity contribution >= 4 is 11.8 Å². The third kappa shape index (κ3) is 4.42. The lowest BCUT2D eigenvalue weighted by atomic mass is 9.87. The number of piperidine rings is 1. The van der Waals surface area contributed by atoms with Gasteiger partial charge in [0.25, 0.3) is 0 Å². The molecule has 2 aliphatic heterocycles. The Morgan fingerprint density at radius 2 is 1.66 bits per heavy atom. The van der Waals surface area contributed by atoms with E-state index >= 15 is 0 Å². The standard InChI is InChI=1S/C21H25F3N2O3/c22-21(23,24)17-3-1-2-15(12-17)18-7-6-16(13-26(18)20(28)14-4-5-14)19(27)25-8-10-29-11-9-25/h1-3,12,14,16,18H,4-11,13H2/t16-,18+/m1/s1. The summed E-state index contributed by atoms with van der Waals surface area (Å²) < 4.78 is 44.8. The van der Waals surface area contributed by atoms with Crippen LogP contribution in [-0.4, -0.2) is 54.5 Å². The quantitative estimate of drug-likeness (QED) is 0.769. The Kier molecular flexibility index (Phi) is 5.55. The smallest absolute Gasteiger partial charge is 0.378 e. The molecule has 0 aromatic heterocycles. The van der Waals surface area contributed by atoms with E-state index < -0.39 is 17.8 Å². The molecule has 0 spiro atoms. The second kappa shape index (κ2) is 7.97. The first kappa shape index (κ1) is 20.2. The number of carbonyl (C=O) groups is 2. The monoisotopic (exact) mass is 410 g/mol. The van der Waals surface area contributed by atoms with Gasteiger partial charge in [-0.05, 0) is 43.4 Å². The van der Waals surface area contributed by atoms with Crippen molar-refractivity contribution in [3.8, 4) is 0 Å². The summed E-state index contributed by atoms with van der Waals surface area (Å²) in [6, 6.07) is 4.81. The maximum Gasteiger partial charge on any atom is 0.416 e. The van der Waals surface area contributed by atoms with Gasteiger partial charge >= 0.3 is 6.18 Å². The Morgan fingerprint density at radius 3 is 2.31 bits per heavy atom. The van der Waals surface area contributed by atoms with Crippen LogP contribution in [0.25, 0.3) is 0 Å². The van der Waals surface area contributed by atoms with Crippen molar-refractivity contribution in [2.24, 2.45) is 11.8 Å². The van der Waals surface area contributed by atoms with Gasteiger partial charge in [-0.3, -0.25) is 9.59 Å². The van der Waals surface area contributed by atoms with E-state index in [0.717, 1.165) is 25.0 Å². The molecular weight excluding hydrogens is 385 g/mol. The van der Waals surface area contributed by atoms with Crippen LogP contribution in [0.2, 0.25) is 0 Å². The van der Waals surface area contributed by atoms with Crippen LogP contribution < -0.4 is 0 Å². The third-order valence-corrected chi connectivity index (χ3v) is 6.06. The van der Waals surface area contributed by atoms with Gasteiger partial charge in [0.05, 0.1) is 30.7 Å². The average Bonchev–Trinajstić information content (AvgIpc) is 3.58. The highest BCUT2D eigenvalue weighted by Crippen LogP contribution is 2.41. The lowest BCUT2D eigenvalue weighted by Gasteiger charge is -2.41. The summed E-state index contributed by atoms with van der Waals surface area (Å²) in [7, 11) is 0. The largest absolute Gasteiger partial charge is 0.416 e. The molecule has 3 aliphatic rings. The van der Waals surface area contributed by atoms with Gasteiger partial charge < -0.3 is 14.5 Å². The minimum atomic E-state index is -4.43. The van der Waals surface area contributed by atoms with Gasteiger partial charge in [0.15, 0.2) is 0 Å². The molecule has 1 aromatic rings. The second-order valence-electron chi connectivity index (χ2n) is 8.12. The van der Waals surface area contributed by atoms with Crippen LogP contribution in [0.4, 0.5) is 13.2 Å². The SMILES string of the molecule is O=C([C@@H]1CC[C@@H](c2cccc(C(F)(F)F)c2)N(C(=O)C2CC2)C1)N1CCOCC1. The first-order valence-electron chi connectivity index (χ1n) is 10.2. The Morgan fingerprint density at radius 1 is 0.966 bits per heavy atom. The van der Waals surface area contributed by atoms with Crippen molar-refractivity contribution in [2.75, 3.05) is 32.8 Å². The third-order valence-electron chi connectivity index (χ3n) is 6.06. The molecule has 8 heteroatoms. The van der Waals surface area contributed by atoms with Gasteiger partial charge in [-0.1, -0.05) is 12.1 Å². The number of rotatable bonds is 3. The minimum absolute atomic E-state index is 0.0180. The molecular formula is C21H25F3N2O3. The van der Waals surface area contributed by atoms with Crippen molar-refractivity contribution < 1.29 is 27.5 Å². The van der Waals surface area contributed by atoms with E-state index in [9.17, 15) is 22.8 Å². The summed E-state index contributed by atoms with van der Waals surface area (Å²) in [5.74, 6) is -0.380. The number of nitrogens with zero attached hydrogens (tertiary/aromatic N) is 2. The molecule has 4 rings (SSSR count). The molecule has 2 saturated heterocycles. The van der Waals surface area contributed by atoms with E-state index in [0.29, 0.717) is 44.7 Å². The van der Waals surface area contributed by atoms with E-state index in [1.807, 2.05) is 0 Å². The Balaban J connectivity index is 1.55. The van der Waals surface area contributed by atoms with E-state index in [2.05, 4.69) is 0 Å². The highest BCUT2D eigenvalue weighted by molar-refractivity contribution is 5.84. The van der Waals surface area contributed by atoms with Gasteiger partial charge in [-0.2, -0.15) is 13.2 Å². The van der Waals surface area contributed by atoms with Crippen molar-refractivity contribution in [3.63, 3.8) is 0 Å². The fourth-order valence-corrected chi connectivity index (χ4v) is 4.29. The summed E-state index contributed by atoms with van der Waals surface area (Å²) in [5.41, 5.74) is -0.216. The van der Waals surface area contributed by atoms with Gasteiger partial charge in [0.2, 0.25) is 11.8 Å². The van der Waals surface area contributed by atoms with Crippen LogP contribution in [0.5, 0.6) is 0 Å². The average molecular weight is 410 g/mol. The van der Waals surface area contributed by atoms with Crippen molar-refractivity contribution in [3.05, 3.63) is 35.4 Å². The molecule has 2 heterocycles. The molecule has 1 aromatic carbocycles. The van der Waals surface area contributed by atoms with Crippen molar-refractivity contribution in [1.82, 2.24) is 9.80 Å². The maximum absolute atomic E-state index is 13.2. The lowest BCUT2D eigenvalue weighted by molar-refractivity contribution is -0.146. The fraction of sp³-hybridized carbons (Fsp3) is 0.619. The lowest BCUT2D eigenvalue weighted by Crippen LogP contribution is -2.50. The van der Waals surface area contributed by atoms with Crippen LogP contribution in [-0.2, 0) is 20.5 Å². The highest BCUT2D eigenvalue weighted by atomic mass is 19.4. The molecule has 29 heavy (non-hydrogen) atoms. The summed E-state index contributed by atoms with van der Waals surface area (Å²) in [6.07, 6.45) is -1.75. The van der Waals surface area contributed by atoms with Crippen LogP contribution >= 0.6 is 0 Å².